The minimum atomic E-state index is -0.570. The maximum atomic E-state index is 12.7. The van der Waals surface area contributed by atoms with Crippen LogP contribution in [0.5, 0.6) is 0 Å². The van der Waals surface area contributed by atoms with Gasteiger partial charge in [-0.1, -0.05) is 12.1 Å². The number of hydrogen-bond donors (Lipinski definition) is 2. The van der Waals surface area contributed by atoms with Crippen molar-refractivity contribution in [1.29, 1.82) is 0 Å². The number of nitrogens with one attached hydrogen (secondary N) is 2. The smallest absolute Gasteiger partial charge is 0.341 e. The number of esters is 1. The molecule has 1 aliphatic carbocycles. The highest BCUT2D eigenvalue weighted by molar-refractivity contribution is 7.17. The predicted octanol–water partition coefficient (Wildman–Crippen LogP) is 4.00. The van der Waals surface area contributed by atoms with E-state index in [0.29, 0.717) is 16.3 Å². The summed E-state index contributed by atoms with van der Waals surface area (Å²) in [6.07, 6.45) is 3.74. The van der Waals surface area contributed by atoms with E-state index in [4.69, 9.17) is 4.74 Å². The first kappa shape index (κ1) is 20.1. The van der Waals surface area contributed by atoms with Crippen molar-refractivity contribution in [1.82, 2.24) is 0 Å². The Morgan fingerprint density at radius 2 is 1.86 bits per heavy atom. The van der Waals surface area contributed by atoms with Crippen molar-refractivity contribution in [3.05, 3.63) is 45.3 Å². The summed E-state index contributed by atoms with van der Waals surface area (Å²) >= 11 is 1.43. The predicted molar refractivity (Wildman–Crippen MR) is 110 cm³/mol. The van der Waals surface area contributed by atoms with Gasteiger partial charge in [-0.3, -0.25) is 9.59 Å². The van der Waals surface area contributed by atoms with Crippen LogP contribution in [0.15, 0.2) is 18.2 Å². The molecule has 0 saturated carbocycles. The van der Waals surface area contributed by atoms with E-state index in [1.165, 1.54) is 18.3 Å². The number of fused-ring (bicyclic) bond motifs is 1. The summed E-state index contributed by atoms with van der Waals surface area (Å²) in [5.74, 6) is -1.20. The zero-order valence-electron chi connectivity index (χ0n) is 16.3. The molecule has 148 valence electrons. The van der Waals surface area contributed by atoms with Gasteiger partial charge < -0.3 is 15.4 Å². The summed E-state index contributed by atoms with van der Waals surface area (Å²) in [4.78, 5) is 37.6. The Hall–Kier alpha value is -2.67. The van der Waals surface area contributed by atoms with E-state index in [-0.39, 0.29) is 12.5 Å². The van der Waals surface area contributed by atoms with Crippen LogP contribution in [-0.2, 0) is 27.2 Å². The lowest BCUT2D eigenvalue weighted by atomic mass is 9.95. The third kappa shape index (κ3) is 4.59. The summed E-state index contributed by atoms with van der Waals surface area (Å²) in [5, 5.41) is 6.02. The molecule has 2 N–H and O–H groups in total. The topological polar surface area (TPSA) is 84.5 Å². The molecule has 0 spiro atoms. The third-order valence-electron chi connectivity index (χ3n) is 4.67. The van der Waals surface area contributed by atoms with Crippen LogP contribution in [0.25, 0.3) is 0 Å². The number of thiophene rings is 1. The number of aryl methyl sites for hydroxylation is 3. The van der Waals surface area contributed by atoms with E-state index < -0.39 is 11.9 Å². The molecule has 6 nitrogen and oxygen atoms in total. The highest BCUT2D eigenvalue weighted by Crippen LogP contribution is 2.38. The fourth-order valence-electron chi connectivity index (χ4n) is 3.29. The Bertz CT molecular complexity index is 933. The lowest BCUT2D eigenvalue weighted by Crippen LogP contribution is -2.22. The average Bonchev–Trinajstić information content (AvgIpc) is 3.00. The summed E-state index contributed by atoms with van der Waals surface area (Å²) in [7, 11) is 0. The van der Waals surface area contributed by atoms with Gasteiger partial charge in [-0.05, 0) is 62.3 Å². The first-order valence-electron chi connectivity index (χ1n) is 9.31. The van der Waals surface area contributed by atoms with E-state index in [1.54, 1.807) is 0 Å². The SMILES string of the molecule is CC(=O)Nc1sc2c(c1C(=O)OCC(=O)Nc1cc(C)ccc1C)CCCC2. The normalized spacial score (nSPS) is 12.8. The summed E-state index contributed by atoms with van der Waals surface area (Å²) in [6, 6.07) is 5.77. The van der Waals surface area contributed by atoms with Crippen LogP contribution in [-0.4, -0.2) is 24.4 Å². The maximum Gasteiger partial charge on any atom is 0.341 e. The minimum absolute atomic E-state index is 0.236. The lowest BCUT2D eigenvalue weighted by Gasteiger charge is -2.13. The molecule has 3 rings (SSSR count). The Morgan fingerprint density at radius 1 is 1.11 bits per heavy atom. The molecule has 1 heterocycles. The van der Waals surface area contributed by atoms with Gasteiger partial charge in [0.05, 0.1) is 5.56 Å². The molecule has 0 atom stereocenters. The fraction of sp³-hybridized carbons (Fsp3) is 0.381. The van der Waals surface area contributed by atoms with Crippen molar-refractivity contribution in [2.24, 2.45) is 0 Å². The van der Waals surface area contributed by atoms with Crippen molar-refractivity contribution >= 4 is 39.8 Å². The van der Waals surface area contributed by atoms with E-state index in [1.807, 2.05) is 32.0 Å². The van der Waals surface area contributed by atoms with E-state index in [0.717, 1.165) is 47.3 Å². The monoisotopic (exact) mass is 400 g/mol. The fourth-order valence-corrected chi connectivity index (χ4v) is 4.61. The molecule has 0 fully saturated rings. The number of anilines is 2. The second-order valence-corrected chi connectivity index (χ2v) is 8.14. The van der Waals surface area contributed by atoms with Gasteiger partial charge in [0.1, 0.15) is 5.00 Å². The molecule has 2 amide bonds. The maximum absolute atomic E-state index is 12.7. The molecule has 0 radical (unpaired) electrons. The van der Waals surface area contributed by atoms with Gasteiger partial charge in [0, 0.05) is 17.5 Å². The van der Waals surface area contributed by atoms with Crippen molar-refractivity contribution in [3.63, 3.8) is 0 Å². The Morgan fingerprint density at radius 3 is 2.61 bits per heavy atom. The summed E-state index contributed by atoms with van der Waals surface area (Å²) in [5.41, 5.74) is 4.01. The van der Waals surface area contributed by atoms with Crippen molar-refractivity contribution in [2.45, 2.75) is 46.5 Å². The van der Waals surface area contributed by atoms with Crippen molar-refractivity contribution in [3.8, 4) is 0 Å². The van der Waals surface area contributed by atoms with Gasteiger partial charge in [-0.15, -0.1) is 11.3 Å². The summed E-state index contributed by atoms with van der Waals surface area (Å²) in [6.45, 7) is 4.87. The molecular weight excluding hydrogens is 376 g/mol. The molecule has 7 heteroatoms. The van der Waals surface area contributed by atoms with Gasteiger partial charge in [0.2, 0.25) is 5.91 Å². The van der Waals surface area contributed by atoms with E-state index in [2.05, 4.69) is 10.6 Å². The van der Waals surface area contributed by atoms with Crippen molar-refractivity contribution < 1.29 is 19.1 Å². The molecule has 2 aromatic rings. The van der Waals surface area contributed by atoms with Crippen LogP contribution in [0.3, 0.4) is 0 Å². The second kappa shape index (κ2) is 8.56. The Kier molecular flexibility index (Phi) is 6.14. The summed E-state index contributed by atoms with van der Waals surface area (Å²) < 4.78 is 5.28. The highest BCUT2D eigenvalue weighted by atomic mass is 32.1. The van der Waals surface area contributed by atoms with Gasteiger partial charge in [0.15, 0.2) is 6.61 Å². The molecule has 1 aliphatic rings. The van der Waals surface area contributed by atoms with Crippen molar-refractivity contribution in [2.75, 3.05) is 17.2 Å². The van der Waals surface area contributed by atoms with Crippen LogP contribution in [0, 0.1) is 13.8 Å². The van der Waals surface area contributed by atoms with Crippen LogP contribution < -0.4 is 10.6 Å². The number of ether oxygens (including phenoxy) is 1. The van der Waals surface area contributed by atoms with Crippen LogP contribution in [0.2, 0.25) is 0 Å². The Labute approximate surface area is 168 Å². The standard InChI is InChI=1S/C21H24N2O4S/c1-12-8-9-13(2)16(10-12)23-18(25)11-27-21(26)19-15-6-4-5-7-17(15)28-20(19)22-14(3)24/h8-10H,4-7,11H2,1-3H3,(H,22,24)(H,23,25). The average molecular weight is 401 g/mol. The number of carbonyl (C=O) groups excluding carboxylic acids is 3. The van der Waals surface area contributed by atoms with Crippen LogP contribution >= 0.6 is 11.3 Å². The zero-order valence-corrected chi connectivity index (χ0v) is 17.1. The molecule has 28 heavy (non-hydrogen) atoms. The molecule has 0 saturated heterocycles. The quantitative estimate of drug-likeness (QED) is 0.743. The number of amides is 2. The van der Waals surface area contributed by atoms with E-state index in [9.17, 15) is 14.4 Å². The van der Waals surface area contributed by atoms with Gasteiger partial charge >= 0.3 is 5.97 Å². The zero-order chi connectivity index (χ0) is 20.3. The molecule has 0 unspecified atom stereocenters. The molecular formula is C21H24N2O4S. The minimum Gasteiger partial charge on any atom is -0.452 e. The van der Waals surface area contributed by atoms with Crippen LogP contribution in [0.4, 0.5) is 10.7 Å². The van der Waals surface area contributed by atoms with E-state index >= 15 is 0 Å². The molecule has 1 aromatic heterocycles. The number of benzene rings is 1. The molecule has 0 aliphatic heterocycles. The van der Waals surface area contributed by atoms with Crippen LogP contribution in [0.1, 0.15) is 51.7 Å². The van der Waals surface area contributed by atoms with Gasteiger partial charge in [-0.2, -0.15) is 0 Å². The number of hydrogen-bond acceptors (Lipinski definition) is 5. The third-order valence-corrected chi connectivity index (χ3v) is 5.87. The molecule has 1 aromatic carbocycles. The second-order valence-electron chi connectivity index (χ2n) is 7.04. The first-order chi connectivity index (χ1) is 13.3. The largest absolute Gasteiger partial charge is 0.452 e. The highest BCUT2D eigenvalue weighted by Gasteiger charge is 2.27. The Balaban J connectivity index is 1.70. The van der Waals surface area contributed by atoms with Gasteiger partial charge in [0.25, 0.3) is 5.91 Å². The number of carbonyl (C=O) groups is 3. The lowest BCUT2D eigenvalue weighted by molar-refractivity contribution is -0.119. The van der Waals surface area contributed by atoms with Gasteiger partial charge in [-0.25, -0.2) is 4.79 Å². The number of rotatable bonds is 5. The molecule has 0 bridgehead atoms. The first-order valence-corrected chi connectivity index (χ1v) is 10.1.